The van der Waals surface area contributed by atoms with Gasteiger partial charge in [0.05, 0.1) is 12.4 Å². The van der Waals surface area contributed by atoms with Gasteiger partial charge in [-0.25, -0.2) is 14.4 Å². The molecule has 0 radical (unpaired) electrons. The molecule has 1 saturated heterocycles. The highest BCUT2D eigenvalue weighted by Crippen LogP contribution is 2.25. The van der Waals surface area contributed by atoms with Crippen molar-refractivity contribution in [3.8, 4) is 0 Å². The van der Waals surface area contributed by atoms with E-state index in [1.54, 1.807) is 12.3 Å². The number of amidine groups is 1. The van der Waals surface area contributed by atoms with Gasteiger partial charge in [-0.1, -0.05) is 49.6 Å². The maximum absolute atomic E-state index is 13.4. The van der Waals surface area contributed by atoms with Crippen molar-refractivity contribution in [1.29, 1.82) is 0 Å². The van der Waals surface area contributed by atoms with Gasteiger partial charge in [-0.3, -0.25) is 19.3 Å². The fraction of sp³-hybridized carbons (Fsp3) is 0.375. The highest BCUT2D eigenvalue weighted by Gasteiger charge is 2.34. The molecule has 2 aliphatic rings. The predicted molar refractivity (Wildman–Crippen MR) is 164 cm³/mol. The Morgan fingerprint density at radius 1 is 1.33 bits per heavy atom. The van der Waals surface area contributed by atoms with Crippen LogP contribution in [0, 0.1) is 5.92 Å². The number of aliphatic carboxylic acids is 1. The Bertz CT molecular complexity index is 1190. The largest absolute Gasteiger partial charge is 0.481 e. The molecule has 10 heteroatoms. The van der Waals surface area contributed by atoms with E-state index < -0.39 is 17.9 Å². The monoisotopic (exact) mass is 580 g/mol. The molecular weight excluding hydrogens is 539 g/mol. The molecule has 9 nitrogen and oxygen atoms in total. The Labute approximate surface area is 247 Å². The van der Waals surface area contributed by atoms with Crippen molar-refractivity contribution < 1.29 is 28.7 Å². The van der Waals surface area contributed by atoms with Crippen LogP contribution in [0.25, 0.3) is 0 Å². The highest BCUT2D eigenvalue weighted by molar-refractivity contribution is 5.93. The van der Waals surface area contributed by atoms with Crippen molar-refractivity contribution in [3.63, 3.8) is 0 Å². The molecule has 0 saturated carbocycles. The van der Waals surface area contributed by atoms with Crippen molar-refractivity contribution in [2.45, 2.75) is 64.5 Å². The lowest BCUT2D eigenvalue weighted by atomic mass is 9.92. The van der Waals surface area contributed by atoms with E-state index in [1.165, 1.54) is 30.1 Å². The van der Waals surface area contributed by atoms with Crippen LogP contribution in [0.5, 0.6) is 0 Å². The van der Waals surface area contributed by atoms with E-state index in [1.807, 2.05) is 43.4 Å². The first-order valence-electron chi connectivity index (χ1n) is 13.9. The van der Waals surface area contributed by atoms with Crippen LogP contribution in [0.4, 0.5) is 4.39 Å². The summed E-state index contributed by atoms with van der Waals surface area (Å²) in [4.78, 5) is 39.3. The first-order chi connectivity index (χ1) is 20.3. The fourth-order valence-electron chi connectivity index (χ4n) is 4.16. The summed E-state index contributed by atoms with van der Waals surface area (Å²) in [5.41, 5.74) is 3.45. The summed E-state index contributed by atoms with van der Waals surface area (Å²) in [6.45, 7) is 11.3. The summed E-state index contributed by atoms with van der Waals surface area (Å²) in [5.74, 6) is -0.0542. The van der Waals surface area contributed by atoms with Crippen LogP contribution in [0.1, 0.15) is 52.4 Å². The number of carbonyl (C=O) groups is 2. The maximum atomic E-state index is 13.4. The molecule has 0 bridgehead atoms. The molecule has 0 aromatic rings. The van der Waals surface area contributed by atoms with E-state index in [0.29, 0.717) is 68.2 Å². The Kier molecular flexibility index (Phi) is 15.5. The average molecular weight is 581 g/mol. The second-order valence-corrected chi connectivity index (χ2v) is 9.58. The number of hydroxylamine groups is 1. The maximum Gasteiger partial charge on any atom is 0.303 e. The summed E-state index contributed by atoms with van der Waals surface area (Å²) < 4.78 is 19.2. The standard InChI is InChI=1S/C32H41FN4O5/c1-5-7-14-26(28-22-29(42-36-28)32-35-20-12-8-9-13-25(4)41-32)19-21-34-30(15-10-11-16-31(39)40)37(23-38)27(6-2)18-17-24(3)33/h5-9,12-13,17-19,21,23,26,28-29,36H,2,4,10-11,14-16,20,22H2,1,3H3,(H,39,40)/b7-5+,12-8-,13-9-,21-19+,24-17+,27-18+,34-30?,35-32?. The van der Waals surface area contributed by atoms with Crippen LogP contribution >= 0.6 is 0 Å². The van der Waals surface area contributed by atoms with Crippen LogP contribution < -0.4 is 5.48 Å². The van der Waals surface area contributed by atoms with Crippen molar-refractivity contribution in [2.24, 2.45) is 15.9 Å². The molecule has 2 N–H and O–H groups in total. The van der Waals surface area contributed by atoms with Gasteiger partial charge in [0.25, 0.3) is 0 Å². The predicted octanol–water partition coefficient (Wildman–Crippen LogP) is 6.24. The first kappa shape index (κ1) is 34.1. The number of aliphatic imine (C=N–C) groups is 2. The summed E-state index contributed by atoms with van der Waals surface area (Å²) in [7, 11) is 0. The summed E-state index contributed by atoms with van der Waals surface area (Å²) in [5, 5.41) is 8.99. The van der Waals surface area contributed by atoms with Gasteiger partial charge < -0.3 is 9.84 Å². The van der Waals surface area contributed by atoms with Crippen LogP contribution in [0.2, 0.25) is 0 Å². The minimum Gasteiger partial charge on any atom is -0.481 e. The molecule has 2 aliphatic heterocycles. The SMILES string of the molecule is C=C/C(=C\C=C(/C)F)N(C=O)C(CCCCC(=O)O)=N/C=C/C(C/C=C/C)C1CC(C2=NC/C=C\C=C/C(=C)O2)ON1. The van der Waals surface area contributed by atoms with Gasteiger partial charge in [0.2, 0.25) is 12.3 Å². The zero-order valence-corrected chi connectivity index (χ0v) is 24.3. The van der Waals surface area contributed by atoms with Crippen molar-refractivity contribution in [2.75, 3.05) is 6.54 Å². The summed E-state index contributed by atoms with van der Waals surface area (Å²) in [6.07, 6.45) is 21.8. The third-order valence-corrected chi connectivity index (χ3v) is 6.34. The Morgan fingerprint density at radius 3 is 2.81 bits per heavy atom. The minimum absolute atomic E-state index is 0.00696. The molecule has 0 aromatic carbocycles. The molecule has 0 aliphatic carbocycles. The molecule has 42 heavy (non-hydrogen) atoms. The number of carbonyl (C=O) groups excluding carboxylic acids is 1. The molecule has 0 spiro atoms. The van der Waals surface area contributed by atoms with Gasteiger partial charge in [0.1, 0.15) is 11.6 Å². The number of halogens is 1. The molecule has 1 amide bonds. The Balaban J connectivity index is 2.29. The number of nitrogens with one attached hydrogen (secondary N) is 1. The molecule has 2 heterocycles. The number of ether oxygens (including phenoxy) is 1. The van der Waals surface area contributed by atoms with E-state index in [9.17, 15) is 14.0 Å². The molecule has 3 atom stereocenters. The minimum atomic E-state index is -0.893. The van der Waals surface area contributed by atoms with Crippen molar-refractivity contribution in [1.82, 2.24) is 10.4 Å². The highest BCUT2D eigenvalue weighted by atomic mass is 19.1. The van der Waals surface area contributed by atoms with Gasteiger partial charge in [0, 0.05) is 37.2 Å². The van der Waals surface area contributed by atoms with Gasteiger partial charge >= 0.3 is 5.97 Å². The molecule has 2 rings (SSSR count). The number of carboxylic acids is 1. The number of hydrogen-bond donors (Lipinski definition) is 2. The zero-order valence-electron chi connectivity index (χ0n) is 24.3. The number of hydrogen-bond acceptors (Lipinski definition) is 7. The lowest BCUT2D eigenvalue weighted by Crippen LogP contribution is -2.29. The Hall–Kier alpha value is -4.15. The van der Waals surface area contributed by atoms with Crippen LogP contribution in [0.15, 0.2) is 107 Å². The number of allylic oxidation sites excluding steroid dienone is 9. The zero-order chi connectivity index (χ0) is 30.7. The van der Waals surface area contributed by atoms with E-state index in [2.05, 4.69) is 28.6 Å². The van der Waals surface area contributed by atoms with Crippen molar-refractivity contribution >= 4 is 24.1 Å². The van der Waals surface area contributed by atoms with Gasteiger partial charge in [0.15, 0.2) is 6.10 Å². The fourth-order valence-corrected chi connectivity index (χ4v) is 4.16. The quantitative estimate of drug-likeness (QED) is 0.0592. The lowest BCUT2D eigenvalue weighted by Gasteiger charge is -2.21. The molecule has 3 unspecified atom stereocenters. The smallest absolute Gasteiger partial charge is 0.303 e. The third kappa shape index (κ3) is 12.2. The van der Waals surface area contributed by atoms with Crippen LogP contribution in [-0.4, -0.2) is 52.8 Å². The van der Waals surface area contributed by atoms with Gasteiger partial charge in [-0.05, 0) is 63.3 Å². The first-order valence-corrected chi connectivity index (χ1v) is 13.9. The summed E-state index contributed by atoms with van der Waals surface area (Å²) in [6, 6.07) is -0.0848. The van der Waals surface area contributed by atoms with E-state index in [-0.39, 0.29) is 18.4 Å². The summed E-state index contributed by atoms with van der Waals surface area (Å²) >= 11 is 0. The normalized spacial score (nSPS) is 22.6. The van der Waals surface area contributed by atoms with Crippen molar-refractivity contribution in [3.05, 3.63) is 97.4 Å². The number of carboxylic acid groups (broad SMARTS) is 1. The molecule has 0 aromatic heterocycles. The lowest BCUT2D eigenvalue weighted by molar-refractivity contribution is -0.137. The molecular formula is C32H41FN4O5. The number of amides is 1. The number of rotatable bonds is 15. The van der Waals surface area contributed by atoms with E-state index >= 15 is 0 Å². The Morgan fingerprint density at radius 2 is 2.12 bits per heavy atom. The third-order valence-electron chi connectivity index (χ3n) is 6.34. The number of nitrogens with zero attached hydrogens (tertiary/aromatic N) is 3. The van der Waals surface area contributed by atoms with Crippen LogP contribution in [0.3, 0.4) is 0 Å². The van der Waals surface area contributed by atoms with Crippen LogP contribution in [-0.2, 0) is 19.2 Å². The van der Waals surface area contributed by atoms with Gasteiger partial charge in [-0.2, -0.15) is 5.48 Å². The van der Waals surface area contributed by atoms with E-state index in [4.69, 9.17) is 14.7 Å². The topological polar surface area (TPSA) is 113 Å². The van der Waals surface area contributed by atoms with Gasteiger partial charge in [-0.15, -0.1) is 0 Å². The molecule has 226 valence electrons. The molecule has 1 fully saturated rings. The average Bonchev–Trinajstić information content (AvgIpc) is 3.48. The van der Waals surface area contributed by atoms with E-state index in [0.717, 1.165) is 0 Å². The number of unbranched alkanes of at least 4 members (excludes halogenated alkanes) is 1. The second-order valence-electron chi connectivity index (χ2n) is 9.58. The second kappa shape index (κ2) is 19.1.